The molecule has 0 radical (unpaired) electrons. The third kappa shape index (κ3) is 4.46. The van der Waals surface area contributed by atoms with Crippen molar-refractivity contribution in [2.24, 2.45) is 11.3 Å². The summed E-state index contributed by atoms with van der Waals surface area (Å²) >= 11 is 0. The maximum atomic E-state index is 11.5. The van der Waals surface area contributed by atoms with Crippen LogP contribution in [0.2, 0.25) is 0 Å². The van der Waals surface area contributed by atoms with Gasteiger partial charge in [0.2, 0.25) is 5.95 Å². The lowest BCUT2D eigenvalue weighted by atomic mass is 9.70. The second kappa shape index (κ2) is 8.03. The Bertz CT molecular complexity index is 1100. The van der Waals surface area contributed by atoms with E-state index in [2.05, 4.69) is 68.8 Å². The molecule has 164 valence electrons. The molecule has 3 aromatic rings. The molecule has 5 nitrogen and oxygen atoms in total. The van der Waals surface area contributed by atoms with Gasteiger partial charge in [0.15, 0.2) is 0 Å². The molecule has 1 heterocycles. The first-order valence-electron chi connectivity index (χ1n) is 11.3. The minimum absolute atomic E-state index is 0.260. The number of rotatable bonds is 5. The van der Waals surface area contributed by atoms with Crippen molar-refractivity contribution in [2.75, 3.05) is 5.32 Å². The fourth-order valence-corrected chi connectivity index (χ4v) is 5.26. The van der Waals surface area contributed by atoms with Crippen LogP contribution in [0.15, 0.2) is 42.5 Å². The molecule has 1 aromatic heterocycles. The van der Waals surface area contributed by atoms with E-state index in [0.717, 1.165) is 35.5 Å². The minimum Gasteiger partial charge on any atom is -0.478 e. The van der Waals surface area contributed by atoms with Crippen molar-refractivity contribution in [3.05, 3.63) is 53.6 Å². The third-order valence-corrected chi connectivity index (χ3v) is 6.50. The topological polar surface area (TPSA) is 67.2 Å². The lowest BCUT2D eigenvalue weighted by Gasteiger charge is -2.40. The summed E-state index contributed by atoms with van der Waals surface area (Å²) < 4.78 is 2.30. The van der Waals surface area contributed by atoms with Gasteiger partial charge in [0.05, 0.1) is 16.6 Å². The van der Waals surface area contributed by atoms with Gasteiger partial charge in [-0.05, 0) is 72.4 Å². The highest BCUT2D eigenvalue weighted by atomic mass is 16.4. The average Bonchev–Trinajstić information content (AvgIpc) is 3.03. The number of imidazole rings is 1. The fraction of sp³-hybridized carbons (Fsp3) is 0.462. The van der Waals surface area contributed by atoms with Crippen molar-refractivity contribution in [1.82, 2.24) is 9.55 Å². The van der Waals surface area contributed by atoms with E-state index >= 15 is 0 Å². The van der Waals surface area contributed by atoms with Crippen LogP contribution in [0.4, 0.5) is 11.6 Å². The summed E-state index contributed by atoms with van der Waals surface area (Å²) in [6.07, 6.45) is 3.39. The van der Waals surface area contributed by atoms with E-state index < -0.39 is 5.97 Å². The maximum Gasteiger partial charge on any atom is 0.335 e. The predicted molar refractivity (Wildman–Crippen MR) is 126 cm³/mol. The standard InChI is InChI=1S/C26H33N3O2/c1-16(2)18-6-9-20(10-7-18)27-25-28-22-13-19(24(30)31)8-11-23(22)29(25)21-12-17(3)14-26(4,5)15-21/h6-11,13,16-17,21H,12,14-15H2,1-5H3,(H,27,28)(H,30,31)/t17-,21?/m0/s1. The van der Waals surface area contributed by atoms with Gasteiger partial charge in [-0.3, -0.25) is 0 Å². The molecule has 2 N–H and O–H groups in total. The number of nitrogens with one attached hydrogen (secondary N) is 1. The molecule has 5 heteroatoms. The quantitative estimate of drug-likeness (QED) is 0.468. The second-order valence-corrected chi connectivity index (χ2v) is 10.3. The highest BCUT2D eigenvalue weighted by Gasteiger charge is 2.34. The molecule has 2 atom stereocenters. The summed E-state index contributed by atoms with van der Waals surface area (Å²) in [5, 5.41) is 12.9. The summed E-state index contributed by atoms with van der Waals surface area (Å²) in [4.78, 5) is 16.3. The number of fused-ring (bicyclic) bond motifs is 1. The third-order valence-electron chi connectivity index (χ3n) is 6.50. The van der Waals surface area contributed by atoms with Crippen molar-refractivity contribution in [3.63, 3.8) is 0 Å². The Kier molecular flexibility index (Phi) is 5.54. The summed E-state index contributed by atoms with van der Waals surface area (Å²) in [5.41, 5.74) is 4.52. The van der Waals surface area contributed by atoms with E-state index in [-0.39, 0.29) is 11.0 Å². The molecule has 2 aromatic carbocycles. The van der Waals surface area contributed by atoms with Crippen LogP contribution in [0, 0.1) is 11.3 Å². The second-order valence-electron chi connectivity index (χ2n) is 10.3. The Hall–Kier alpha value is -2.82. The number of aromatic nitrogens is 2. The molecule has 1 aliphatic rings. The Morgan fingerprint density at radius 1 is 1.16 bits per heavy atom. The van der Waals surface area contributed by atoms with Gasteiger partial charge >= 0.3 is 5.97 Å². The van der Waals surface area contributed by atoms with Crippen LogP contribution in [0.1, 0.15) is 81.8 Å². The SMILES string of the molecule is CC(C)c1ccc(Nc2nc3cc(C(=O)O)ccc3n2C2C[C@H](C)CC(C)(C)C2)cc1. The number of carboxylic acid groups (broad SMARTS) is 1. The Morgan fingerprint density at radius 3 is 2.48 bits per heavy atom. The molecule has 0 spiro atoms. The Morgan fingerprint density at radius 2 is 1.87 bits per heavy atom. The molecule has 0 saturated heterocycles. The van der Waals surface area contributed by atoms with Gasteiger partial charge in [0, 0.05) is 11.7 Å². The number of anilines is 2. The fourth-order valence-electron chi connectivity index (χ4n) is 5.26. The lowest BCUT2D eigenvalue weighted by molar-refractivity contribution is 0.0697. The van der Waals surface area contributed by atoms with Crippen LogP contribution < -0.4 is 5.32 Å². The largest absolute Gasteiger partial charge is 0.478 e. The number of hydrogen-bond donors (Lipinski definition) is 2. The van der Waals surface area contributed by atoms with Crippen molar-refractivity contribution >= 4 is 28.6 Å². The molecule has 1 saturated carbocycles. The van der Waals surface area contributed by atoms with Crippen molar-refractivity contribution in [1.29, 1.82) is 0 Å². The summed E-state index contributed by atoms with van der Waals surface area (Å²) in [5.74, 6) is 0.967. The van der Waals surface area contributed by atoms with Gasteiger partial charge in [-0.25, -0.2) is 9.78 Å². The zero-order valence-electron chi connectivity index (χ0n) is 19.1. The first kappa shape index (κ1) is 21.4. The summed E-state index contributed by atoms with van der Waals surface area (Å²) in [6, 6.07) is 14.1. The van der Waals surface area contributed by atoms with Crippen molar-refractivity contribution < 1.29 is 9.90 Å². The summed E-state index contributed by atoms with van der Waals surface area (Å²) in [7, 11) is 0. The number of nitrogens with zero attached hydrogens (tertiary/aromatic N) is 2. The van der Waals surface area contributed by atoms with Gasteiger partial charge in [-0.2, -0.15) is 0 Å². The zero-order chi connectivity index (χ0) is 22.3. The van der Waals surface area contributed by atoms with Gasteiger partial charge < -0.3 is 15.0 Å². The number of hydrogen-bond acceptors (Lipinski definition) is 3. The lowest BCUT2D eigenvalue weighted by Crippen LogP contribution is -2.29. The van der Waals surface area contributed by atoms with Gasteiger partial charge in [-0.1, -0.05) is 46.8 Å². The molecule has 1 unspecified atom stereocenters. The van der Waals surface area contributed by atoms with E-state index in [9.17, 15) is 9.90 Å². The van der Waals surface area contributed by atoms with E-state index in [0.29, 0.717) is 17.9 Å². The van der Waals surface area contributed by atoms with Gasteiger partial charge in [0.25, 0.3) is 0 Å². The smallest absolute Gasteiger partial charge is 0.335 e. The van der Waals surface area contributed by atoms with Crippen LogP contribution in [-0.2, 0) is 0 Å². The van der Waals surface area contributed by atoms with Crippen LogP contribution in [0.5, 0.6) is 0 Å². The molecule has 1 aliphatic carbocycles. The molecular formula is C26H33N3O2. The molecule has 31 heavy (non-hydrogen) atoms. The predicted octanol–water partition coefficient (Wildman–Crippen LogP) is 6.99. The number of aromatic carboxylic acids is 1. The number of benzene rings is 2. The van der Waals surface area contributed by atoms with Gasteiger partial charge in [0.1, 0.15) is 0 Å². The monoisotopic (exact) mass is 419 g/mol. The number of carboxylic acids is 1. The van der Waals surface area contributed by atoms with E-state index in [4.69, 9.17) is 4.98 Å². The highest BCUT2D eigenvalue weighted by molar-refractivity contribution is 5.93. The molecule has 0 amide bonds. The van der Waals surface area contributed by atoms with E-state index in [1.165, 1.54) is 12.0 Å². The first-order chi connectivity index (χ1) is 14.6. The highest BCUT2D eigenvalue weighted by Crippen LogP contribution is 2.46. The van der Waals surface area contributed by atoms with Crippen LogP contribution in [-0.4, -0.2) is 20.6 Å². The normalized spacial score (nSPS) is 20.8. The van der Waals surface area contributed by atoms with Crippen LogP contribution in [0.25, 0.3) is 11.0 Å². The van der Waals surface area contributed by atoms with Crippen molar-refractivity contribution in [3.8, 4) is 0 Å². The van der Waals surface area contributed by atoms with E-state index in [1.54, 1.807) is 12.1 Å². The maximum absolute atomic E-state index is 11.5. The molecular weight excluding hydrogens is 386 g/mol. The molecule has 0 bridgehead atoms. The van der Waals surface area contributed by atoms with Crippen LogP contribution >= 0.6 is 0 Å². The van der Waals surface area contributed by atoms with Gasteiger partial charge in [-0.15, -0.1) is 0 Å². The zero-order valence-corrected chi connectivity index (χ0v) is 19.1. The first-order valence-corrected chi connectivity index (χ1v) is 11.3. The summed E-state index contributed by atoms with van der Waals surface area (Å²) in [6.45, 7) is 11.4. The van der Waals surface area contributed by atoms with Crippen molar-refractivity contribution in [2.45, 2.75) is 65.8 Å². The molecule has 0 aliphatic heterocycles. The number of carbonyl (C=O) groups is 1. The Labute approximate surface area is 184 Å². The van der Waals surface area contributed by atoms with E-state index in [1.807, 2.05) is 6.07 Å². The average molecular weight is 420 g/mol. The molecule has 1 fully saturated rings. The minimum atomic E-state index is -0.928. The molecule has 4 rings (SSSR count). The van der Waals surface area contributed by atoms with Crippen LogP contribution in [0.3, 0.4) is 0 Å². The Balaban J connectivity index is 1.78.